The van der Waals surface area contributed by atoms with E-state index < -0.39 is 0 Å². The third kappa shape index (κ3) is 2.75. The van der Waals surface area contributed by atoms with Crippen LogP contribution in [0, 0.1) is 5.92 Å². The summed E-state index contributed by atoms with van der Waals surface area (Å²) in [5, 5.41) is 0. The van der Waals surface area contributed by atoms with E-state index in [4.69, 9.17) is 18.0 Å². The van der Waals surface area contributed by atoms with Crippen molar-refractivity contribution in [3.05, 3.63) is 0 Å². The van der Waals surface area contributed by atoms with E-state index in [9.17, 15) is 0 Å². The number of thiocarbonyl (C=S) groups is 1. The molecular weight excluding hydrogens is 216 g/mol. The van der Waals surface area contributed by atoms with Gasteiger partial charge in [-0.2, -0.15) is 0 Å². The van der Waals surface area contributed by atoms with Gasteiger partial charge in [-0.3, -0.25) is 4.90 Å². The monoisotopic (exact) mass is 240 g/mol. The van der Waals surface area contributed by atoms with Gasteiger partial charge in [-0.25, -0.2) is 0 Å². The average Bonchev–Trinajstić information content (AvgIpc) is 2.27. The molecule has 2 aliphatic rings. The Morgan fingerprint density at radius 3 is 2.75 bits per heavy atom. The van der Waals surface area contributed by atoms with E-state index >= 15 is 0 Å². The standard InChI is InChI=1S/C13H24N2S/c1-10(9-13(14)16)15-8-4-6-11-5-2-3-7-12(11)15/h10-12H,2-9H2,1H3,(H2,14,16). The van der Waals surface area contributed by atoms with E-state index in [1.54, 1.807) is 0 Å². The lowest BCUT2D eigenvalue weighted by molar-refractivity contribution is 0.0337. The molecule has 92 valence electrons. The van der Waals surface area contributed by atoms with Gasteiger partial charge >= 0.3 is 0 Å². The van der Waals surface area contributed by atoms with Crippen molar-refractivity contribution >= 4 is 17.2 Å². The molecule has 1 heterocycles. The molecule has 3 heteroatoms. The number of rotatable bonds is 3. The quantitative estimate of drug-likeness (QED) is 0.769. The third-order valence-electron chi connectivity index (χ3n) is 4.35. The van der Waals surface area contributed by atoms with E-state index in [2.05, 4.69) is 11.8 Å². The highest BCUT2D eigenvalue weighted by Gasteiger charge is 2.35. The van der Waals surface area contributed by atoms with Crippen molar-refractivity contribution in [2.45, 2.75) is 64.0 Å². The number of hydrogen-bond acceptors (Lipinski definition) is 2. The lowest BCUT2D eigenvalue weighted by Crippen LogP contribution is -2.51. The van der Waals surface area contributed by atoms with Gasteiger partial charge < -0.3 is 5.73 Å². The molecule has 0 aromatic carbocycles. The molecule has 1 saturated heterocycles. The van der Waals surface area contributed by atoms with Gasteiger partial charge in [0.25, 0.3) is 0 Å². The van der Waals surface area contributed by atoms with Crippen LogP contribution < -0.4 is 5.73 Å². The Labute approximate surface area is 105 Å². The van der Waals surface area contributed by atoms with E-state index in [0.717, 1.165) is 18.4 Å². The maximum atomic E-state index is 5.67. The molecule has 2 fully saturated rings. The van der Waals surface area contributed by atoms with Crippen LogP contribution in [0.15, 0.2) is 0 Å². The molecule has 0 aromatic rings. The Kier molecular flexibility index (Phi) is 4.20. The Morgan fingerprint density at radius 1 is 1.31 bits per heavy atom. The molecule has 1 aliphatic heterocycles. The number of piperidine rings is 1. The van der Waals surface area contributed by atoms with Crippen LogP contribution in [0.25, 0.3) is 0 Å². The predicted octanol–water partition coefficient (Wildman–Crippen LogP) is 2.71. The largest absolute Gasteiger partial charge is 0.393 e. The molecule has 0 radical (unpaired) electrons. The minimum Gasteiger partial charge on any atom is -0.393 e. The van der Waals surface area contributed by atoms with Crippen LogP contribution in [0.3, 0.4) is 0 Å². The van der Waals surface area contributed by atoms with Crippen LogP contribution >= 0.6 is 12.2 Å². The zero-order valence-electron chi connectivity index (χ0n) is 10.3. The molecule has 0 aromatic heterocycles. The van der Waals surface area contributed by atoms with Gasteiger partial charge in [0, 0.05) is 18.5 Å². The Bertz CT molecular complexity index is 252. The van der Waals surface area contributed by atoms with E-state index in [-0.39, 0.29) is 0 Å². The summed E-state index contributed by atoms with van der Waals surface area (Å²) in [5.41, 5.74) is 5.67. The molecule has 3 atom stereocenters. The fourth-order valence-corrected chi connectivity index (χ4v) is 3.86. The SMILES string of the molecule is CC(CC(N)=S)N1CCCC2CCCCC21. The van der Waals surface area contributed by atoms with Crippen LogP contribution in [-0.4, -0.2) is 28.5 Å². The highest BCUT2D eigenvalue weighted by atomic mass is 32.1. The normalized spacial score (nSPS) is 33.1. The summed E-state index contributed by atoms with van der Waals surface area (Å²) in [6, 6.07) is 1.37. The lowest BCUT2D eigenvalue weighted by Gasteiger charge is -2.47. The van der Waals surface area contributed by atoms with E-state index in [0.29, 0.717) is 11.0 Å². The van der Waals surface area contributed by atoms with Gasteiger partial charge in [0.1, 0.15) is 0 Å². The molecule has 2 rings (SSSR count). The van der Waals surface area contributed by atoms with Crippen molar-refractivity contribution in [1.29, 1.82) is 0 Å². The first kappa shape index (κ1) is 12.3. The maximum Gasteiger partial charge on any atom is 0.0742 e. The topological polar surface area (TPSA) is 29.3 Å². The second-order valence-corrected chi connectivity index (χ2v) is 6.04. The van der Waals surface area contributed by atoms with Crippen molar-refractivity contribution in [2.75, 3.05) is 6.54 Å². The molecule has 1 aliphatic carbocycles. The Hall–Kier alpha value is -0.150. The Morgan fingerprint density at radius 2 is 2.00 bits per heavy atom. The summed E-state index contributed by atoms with van der Waals surface area (Å²) < 4.78 is 0. The first-order valence-electron chi connectivity index (χ1n) is 6.72. The van der Waals surface area contributed by atoms with E-state index in [1.165, 1.54) is 45.1 Å². The third-order valence-corrected chi connectivity index (χ3v) is 4.52. The van der Waals surface area contributed by atoms with Crippen molar-refractivity contribution in [1.82, 2.24) is 4.90 Å². The fraction of sp³-hybridized carbons (Fsp3) is 0.923. The molecule has 0 bridgehead atoms. The van der Waals surface area contributed by atoms with Gasteiger partial charge in [-0.05, 0) is 45.1 Å². The van der Waals surface area contributed by atoms with Crippen LogP contribution in [0.1, 0.15) is 51.9 Å². The second-order valence-electron chi connectivity index (χ2n) is 5.51. The van der Waals surface area contributed by atoms with Crippen LogP contribution in [0.4, 0.5) is 0 Å². The van der Waals surface area contributed by atoms with Gasteiger partial charge in [0.2, 0.25) is 0 Å². The van der Waals surface area contributed by atoms with Crippen molar-refractivity contribution < 1.29 is 0 Å². The molecular formula is C13H24N2S. The van der Waals surface area contributed by atoms with E-state index in [1.807, 2.05) is 0 Å². The number of hydrogen-bond donors (Lipinski definition) is 1. The number of fused-ring (bicyclic) bond motifs is 1. The summed E-state index contributed by atoms with van der Waals surface area (Å²) in [5.74, 6) is 0.955. The highest BCUT2D eigenvalue weighted by molar-refractivity contribution is 7.80. The summed E-state index contributed by atoms with van der Waals surface area (Å²) in [6.45, 7) is 3.54. The fourth-order valence-electron chi connectivity index (χ4n) is 3.62. The summed E-state index contributed by atoms with van der Waals surface area (Å²) in [7, 11) is 0. The van der Waals surface area contributed by atoms with Gasteiger partial charge in [-0.1, -0.05) is 25.1 Å². The minimum atomic E-state index is 0.545. The Balaban J connectivity index is 1.98. The van der Waals surface area contributed by atoms with Gasteiger partial charge in [0.15, 0.2) is 0 Å². The van der Waals surface area contributed by atoms with Gasteiger partial charge in [-0.15, -0.1) is 0 Å². The average molecular weight is 240 g/mol. The van der Waals surface area contributed by atoms with Crippen molar-refractivity contribution in [2.24, 2.45) is 11.7 Å². The molecule has 2 nitrogen and oxygen atoms in total. The summed E-state index contributed by atoms with van der Waals surface area (Å²) in [4.78, 5) is 3.36. The van der Waals surface area contributed by atoms with Crippen molar-refractivity contribution in [3.63, 3.8) is 0 Å². The molecule has 0 amide bonds. The number of nitrogens with two attached hydrogens (primary N) is 1. The zero-order valence-corrected chi connectivity index (χ0v) is 11.1. The molecule has 2 N–H and O–H groups in total. The number of likely N-dealkylation sites (tertiary alicyclic amines) is 1. The smallest absolute Gasteiger partial charge is 0.0742 e. The summed E-state index contributed by atoms with van der Waals surface area (Å²) >= 11 is 5.04. The molecule has 3 unspecified atom stereocenters. The molecule has 1 saturated carbocycles. The van der Waals surface area contributed by atoms with Crippen molar-refractivity contribution in [3.8, 4) is 0 Å². The lowest BCUT2D eigenvalue weighted by atomic mass is 9.77. The predicted molar refractivity (Wildman–Crippen MR) is 72.6 cm³/mol. The van der Waals surface area contributed by atoms with Crippen LogP contribution in [0.5, 0.6) is 0 Å². The van der Waals surface area contributed by atoms with Gasteiger partial charge in [0.05, 0.1) is 4.99 Å². The molecule has 16 heavy (non-hydrogen) atoms. The summed E-state index contributed by atoms with van der Waals surface area (Å²) in [6.07, 6.45) is 9.39. The highest BCUT2D eigenvalue weighted by Crippen LogP contribution is 2.36. The zero-order chi connectivity index (χ0) is 11.5. The molecule has 0 spiro atoms. The second kappa shape index (κ2) is 5.46. The number of nitrogens with zero attached hydrogens (tertiary/aromatic N) is 1. The minimum absolute atomic E-state index is 0.545. The first-order chi connectivity index (χ1) is 7.68. The van der Waals surface area contributed by atoms with Crippen LogP contribution in [0.2, 0.25) is 0 Å². The maximum absolute atomic E-state index is 5.67. The first-order valence-corrected chi connectivity index (χ1v) is 7.13. The van der Waals surface area contributed by atoms with Crippen LogP contribution in [-0.2, 0) is 0 Å².